The molecule has 1 aromatic heterocycles. The van der Waals surface area contributed by atoms with Crippen LogP contribution in [-0.4, -0.2) is 35.9 Å². The molecule has 0 spiro atoms. The zero-order valence-electron chi connectivity index (χ0n) is 16.7. The van der Waals surface area contributed by atoms with Gasteiger partial charge in [0.05, 0.1) is 17.1 Å². The van der Waals surface area contributed by atoms with Crippen molar-refractivity contribution in [2.45, 2.75) is 25.5 Å². The van der Waals surface area contributed by atoms with Gasteiger partial charge in [0.1, 0.15) is 24.8 Å². The van der Waals surface area contributed by atoms with Crippen molar-refractivity contribution < 1.29 is 23.4 Å². The van der Waals surface area contributed by atoms with Crippen LogP contribution in [0.1, 0.15) is 29.9 Å². The van der Waals surface area contributed by atoms with Crippen LogP contribution in [0.5, 0.6) is 5.75 Å². The molecule has 0 amide bonds. The first-order valence-corrected chi connectivity index (χ1v) is 9.97. The number of hydrogen-bond acceptors (Lipinski definition) is 6. The van der Waals surface area contributed by atoms with Gasteiger partial charge in [0.25, 0.3) is 5.92 Å². The Morgan fingerprint density at radius 1 is 1.20 bits per heavy atom. The summed E-state index contributed by atoms with van der Waals surface area (Å²) in [5, 5.41) is 13.5. The molecule has 3 rings (SSSR count). The number of aliphatic hydroxyl groups is 1. The fourth-order valence-electron chi connectivity index (χ4n) is 3.10. The molecule has 0 aliphatic heterocycles. The summed E-state index contributed by atoms with van der Waals surface area (Å²) in [6.45, 7) is 0.819. The van der Waals surface area contributed by atoms with Gasteiger partial charge in [0.15, 0.2) is 5.82 Å². The minimum atomic E-state index is -3.09. The fraction of sp³-hybridized carbons (Fsp3) is 0.333. The second-order valence-corrected chi connectivity index (χ2v) is 7.63. The maximum absolute atomic E-state index is 14.2. The summed E-state index contributed by atoms with van der Waals surface area (Å²) in [7, 11) is 2.79. The zero-order chi connectivity index (χ0) is 21.9. The van der Waals surface area contributed by atoms with E-state index in [1.165, 1.54) is 19.2 Å². The highest BCUT2D eigenvalue weighted by Crippen LogP contribution is 2.34. The Balaban J connectivity index is 1.99. The number of halogens is 3. The van der Waals surface area contributed by atoms with Crippen molar-refractivity contribution in [3.8, 4) is 5.75 Å². The minimum absolute atomic E-state index is 0.119. The summed E-state index contributed by atoms with van der Waals surface area (Å²) in [6.07, 6.45) is 0. The maximum atomic E-state index is 14.2. The molecule has 0 radical (unpaired) electrons. The molecule has 2 aromatic carbocycles. The van der Waals surface area contributed by atoms with Crippen LogP contribution in [0.25, 0.3) is 10.9 Å². The molecule has 3 aromatic rings. The van der Waals surface area contributed by atoms with E-state index in [9.17, 15) is 13.9 Å². The summed E-state index contributed by atoms with van der Waals surface area (Å²) in [5.74, 6) is -1.77. The predicted molar refractivity (Wildman–Crippen MR) is 114 cm³/mol. The fourth-order valence-corrected chi connectivity index (χ4v) is 3.61. The van der Waals surface area contributed by atoms with Crippen LogP contribution in [0.4, 0.5) is 14.6 Å². The van der Waals surface area contributed by atoms with Gasteiger partial charge in [-0.2, -0.15) is 8.78 Å². The van der Waals surface area contributed by atoms with Crippen LogP contribution in [-0.2, 0) is 17.3 Å². The second-order valence-electron chi connectivity index (χ2n) is 6.78. The minimum Gasteiger partial charge on any atom is -0.495 e. The Kier molecular flexibility index (Phi) is 6.84. The predicted octanol–water partition coefficient (Wildman–Crippen LogP) is 4.80. The zero-order valence-corrected chi connectivity index (χ0v) is 18.3. The van der Waals surface area contributed by atoms with Crippen molar-refractivity contribution in [1.29, 1.82) is 0 Å². The Bertz CT molecular complexity index is 1050. The molecule has 0 aliphatic rings. The van der Waals surface area contributed by atoms with Gasteiger partial charge in [-0.05, 0) is 40.5 Å². The molecular weight excluding hydrogens is 460 g/mol. The van der Waals surface area contributed by atoms with E-state index in [4.69, 9.17) is 4.74 Å². The average molecular weight is 482 g/mol. The first-order valence-electron chi connectivity index (χ1n) is 9.17. The van der Waals surface area contributed by atoms with Crippen molar-refractivity contribution >= 4 is 32.7 Å². The first-order chi connectivity index (χ1) is 14.3. The lowest BCUT2D eigenvalue weighted by Gasteiger charge is -2.20. The number of ether oxygens (including phenoxy) is 2. The van der Waals surface area contributed by atoms with Gasteiger partial charge >= 0.3 is 0 Å². The van der Waals surface area contributed by atoms with Gasteiger partial charge in [0.2, 0.25) is 0 Å². The van der Waals surface area contributed by atoms with E-state index in [-0.39, 0.29) is 24.0 Å². The highest BCUT2D eigenvalue weighted by atomic mass is 79.9. The highest BCUT2D eigenvalue weighted by Gasteiger charge is 2.31. The first kappa shape index (κ1) is 22.3. The van der Waals surface area contributed by atoms with E-state index in [2.05, 4.69) is 36.0 Å². The van der Waals surface area contributed by atoms with E-state index in [1.54, 1.807) is 25.3 Å². The smallest absolute Gasteiger partial charge is 0.296 e. The summed E-state index contributed by atoms with van der Waals surface area (Å²) in [4.78, 5) is 8.72. The molecule has 0 unspecified atom stereocenters. The Morgan fingerprint density at radius 2 is 1.97 bits per heavy atom. The third-order valence-corrected chi connectivity index (χ3v) is 5.26. The number of benzene rings is 2. The van der Waals surface area contributed by atoms with Crippen LogP contribution >= 0.6 is 15.9 Å². The summed E-state index contributed by atoms with van der Waals surface area (Å²) >= 11 is 3.45. The largest absolute Gasteiger partial charge is 0.495 e. The van der Waals surface area contributed by atoms with Gasteiger partial charge in [-0.1, -0.05) is 18.2 Å². The van der Waals surface area contributed by atoms with Gasteiger partial charge in [-0.3, -0.25) is 0 Å². The number of hydrogen-bond donors (Lipinski definition) is 2. The monoisotopic (exact) mass is 481 g/mol. The van der Waals surface area contributed by atoms with E-state index in [0.717, 1.165) is 4.47 Å². The number of fused-ring (bicyclic) bond motifs is 1. The number of methoxy groups -OCH3 is 2. The summed E-state index contributed by atoms with van der Waals surface area (Å²) < 4.78 is 39.1. The highest BCUT2D eigenvalue weighted by molar-refractivity contribution is 9.10. The number of aromatic nitrogens is 2. The van der Waals surface area contributed by atoms with Gasteiger partial charge < -0.3 is 19.9 Å². The van der Waals surface area contributed by atoms with Crippen molar-refractivity contribution in [3.63, 3.8) is 0 Å². The molecule has 1 atom stereocenters. The van der Waals surface area contributed by atoms with Crippen molar-refractivity contribution in [1.82, 2.24) is 9.97 Å². The Labute approximate surface area is 181 Å². The third kappa shape index (κ3) is 4.69. The molecule has 6 nitrogen and oxygen atoms in total. The van der Waals surface area contributed by atoms with Crippen molar-refractivity contribution in [2.24, 2.45) is 0 Å². The Hall–Kier alpha value is -2.36. The maximum Gasteiger partial charge on any atom is 0.296 e. The molecule has 2 N–H and O–H groups in total. The van der Waals surface area contributed by atoms with Gasteiger partial charge in [-0.15, -0.1) is 0 Å². The van der Waals surface area contributed by atoms with Crippen molar-refractivity contribution in [2.75, 3.05) is 26.1 Å². The molecule has 160 valence electrons. The number of aliphatic hydroxyl groups excluding tert-OH is 1. The molecule has 1 heterocycles. The van der Waals surface area contributed by atoms with Crippen LogP contribution < -0.4 is 10.1 Å². The number of nitrogens with zero attached hydrogens (tertiary/aromatic N) is 2. The lowest BCUT2D eigenvalue weighted by molar-refractivity contribution is -0.0698. The molecule has 0 bridgehead atoms. The topological polar surface area (TPSA) is 76.5 Å². The van der Waals surface area contributed by atoms with Gasteiger partial charge in [0, 0.05) is 30.2 Å². The molecule has 0 saturated heterocycles. The van der Waals surface area contributed by atoms with E-state index in [1.807, 2.05) is 13.0 Å². The Morgan fingerprint density at radius 3 is 2.63 bits per heavy atom. The number of rotatable bonds is 8. The second kappa shape index (κ2) is 9.20. The SMILES string of the molecule is COCC(F)(F)c1cccc([C@@H](C)Nc2nc(CO)nc3cc(OC)c(Br)cc23)c1. The van der Waals surface area contributed by atoms with Crippen LogP contribution in [0.2, 0.25) is 0 Å². The summed E-state index contributed by atoms with van der Waals surface area (Å²) in [5.41, 5.74) is 1.13. The van der Waals surface area contributed by atoms with Crippen LogP contribution in [0.15, 0.2) is 40.9 Å². The lowest BCUT2D eigenvalue weighted by atomic mass is 10.0. The molecule has 9 heteroatoms. The van der Waals surface area contributed by atoms with E-state index >= 15 is 0 Å². The van der Waals surface area contributed by atoms with Crippen LogP contribution in [0.3, 0.4) is 0 Å². The standard InChI is InChI=1S/C21H22BrF2N3O3/c1-12(13-5-4-6-14(7-13)21(23,24)11-29-2)25-20-15-8-16(22)18(30-3)9-17(15)26-19(10-28)27-20/h4-9,12,28H,10-11H2,1-3H3,(H,25,26,27)/t12-/m1/s1. The average Bonchev–Trinajstić information content (AvgIpc) is 2.73. The normalized spacial score (nSPS) is 12.8. The molecule has 0 fully saturated rings. The van der Waals surface area contributed by atoms with Crippen molar-refractivity contribution in [3.05, 3.63) is 57.8 Å². The van der Waals surface area contributed by atoms with Crippen LogP contribution in [0, 0.1) is 0 Å². The number of anilines is 1. The molecule has 0 aliphatic carbocycles. The van der Waals surface area contributed by atoms with Gasteiger partial charge in [-0.25, -0.2) is 9.97 Å². The van der Waals surface area contributed by atoms with E-state index in [0.29, 0.717) is 28.0 Å². The number of alkyl halides is 2. The molecule has 0 saturated carbocycles. The molecule has 30 heavy (non-hydrogen) atoms. The summed E-state index contributed by atoms with van der Waals surface area (Å²) in [6, 6.07) is 9.39. The molecular formula is C21H22BrF2N3O3. The number of nitrogens with one attached hydrogen (secondary N) is 1. The van der Waals surface area contributed by atoms with E-state index < -0.39 is 12.5 Å². The lowest BCUT2D eigenvalue weighted by Crippen LogP contribution is -2.20. The quantitative estimate of drug-likeness (QED) is 0.480. The third-order valence-electron chi connectivity index (χ3n) is 4.64.